The van der Waals surface area contributed by atoms with Crippen LogP contribution in [0.1, 0.15) is 56.1 Å². The molecule has 1 fully saturated rings. The van der Waals surface area contributed by atoms with Gasteiger partial charge in [-0.15, -0.1) is 0 Å². The zero-order valence-corrected chi connectivity index (χ0v) is 22.6. The van der Waals surface area contributed by atoms with Gasteiger partial charge >= 0.3 is 5.97 Å². The van der Waals surface area contributed by atoms with Crippen LogP contribution in [-0.4, -0.2) is 37.5 Å². The molecule has 0 spiro atoms. The molecule has 206 valence electrons. The molecule has 5 nitrogen and oxygen atoms in total. The fourth-order valence-electron chi connectivity index (χ4n) is 4.96. The van der Waals surface area contributed by atoms with Crippen LogP contribution in [0.4, 0.5) is 4.39 Å². The minimum Gasteiger partial charge on any atom is -0.491 e. The smallest absolute Gasteiger partial charge is 0.333 e. The maximum Gasteiger partial charge on any atom is 0.333 e. The van der Waals surface area contributed by atoms with Gasteiger partial charge in [0.05, 0.1) is 19.8 Å². The highest BCUT2D eigenvalue weighted by Crippen LogP contribution is 2.35. The Balaban J connectivity index is 1.52. The predicted octanol–water partition coefficient (Wildman–Crippen LogP) is 7.21. The van der Waals surface area contributed by atoms with Crippen molar-refractivity contribution in [1.29, 1.82) is 0 Å². The summed E-state index contributed by atoms with van der Waals surface area (Å²) in [5, 5.41) is 8.84. The van der Waals surface area contributed by atoms with E-state index >= 15 is 4.39 Å². The van der Waals surface area contributed by atoms with E-state index in [2.05, 4.69) is 30.8 Å². The van der Waals surface area contributed by atoms with Gasteiger partial charge in [0, 0.05) is 16.7 Å². The molecule has 0 unspecified atom stereocenters. The van der Waals surface area contributed by atoms with Crippen LogP contribution in [-0.2, 0) is 20.9 Å². The van der Waals surface area contributed by atoms with Gasteiger partial charge in [-0.25, -0.2) is 9.18 Å². The minimum absolute atomic E-state index is 0.0423. The molecule has 3 aromatic carbocycles. The normalized spacial score (nSPS) is 13.7. The van der Waals surface area contributed by atoms with E-state index in [1.165, 1.54) is 37.7 Å². The number of halogens is 1. The molecule has 1 aliphatic carbocycles. The Hall–Kier alpha value is -3.48. The van der Waals surface area contributed by atoms with Gasteiger partial charge in [0.25, 0.3) is 0 Å². The van der Waals surface area contributed by atoms with Gasteiger partial charge in [0.2, 0.25) is 0 Å². The monoisotopic (exact) mass is 532 g/mol. The van der Waals surface area contributed by atoms with Crippen molar-refractivity contribution < 1.29 is 28.5 Å². The van der Waals surface area contributed by atoms with Crippen molar-refractivity contribution >= 4 is 5.97 Å². The molecular weight excluding hydrogens is 495 g/mol. The fourth-order valence-corrected chi connectivity index (χ4v) is 4.96. The van der Waals surface area contributed by atoms with Crippen LogP contribution in [0.15, 0.2) is 72.8 Å². The van der Waals surface area contributed by atoms with Gasteiger partial charge in [0.1, 0.15) is 24.8 Å². The molecule has 0 atom stereocenters. The van der Waals surface area contributed by atoms with E-state index in [4.69, 9.17) is 19.3 Å². The molecule has 1 aliphatic rings. The topological polar surface area (TPSA) is 65.0 Å². The van der Waals surface area contributed by atoms with E-state index in [-0.39, 0.29) is 32.2 Å². The van der Waals surface area contributed by atoms with E-state index in [1.807, 2.05) is 6.07 Å². The summed E-state index contributed by atoms with van der Waals surface area (Å²) in [6, 6.07) is 19.1. The van der Waals surface area contributed by atoms with Crippen molar-refractivity contribution in [2.75, 3.05) is 26.4 Å². The molecule has 3 aromatic rings. The predicted molar refractivity (Wildman–Crippen MR) is 151 cm³/mol. The van der Waals surface area contributed by atoms with E-state index < -0.39 is 5.97 Å². The summed E-state index contributed by atoms with van der Waals surface area (Å²) >= 11 is 0. The lowest BCUT2D eigenvalue weighted by Gasteiger charge is -2.22. The summed E-state index contributed by atoms with van der Waals surface area (Å²) in [5.41, 5.74) is 5.17. The van der Waals surface area contributed by atoms with Crippen LogP contribution in [0, 0.1) is 5.82 Å². The van der Waals surface area contributed by atoms with Gasteiger partial charge in [-0.05, 0) is 66.1 Å². The summed E-state index contributed by atoms with van der Waals surface area (Å²) in [7, 11) is 0. The van der Waals surface area contributed by atoms with Crippen LogP contribution >= 0.6 is 0 Å². The Bertz CT molecular complexity index is 1260. The van der Waals surface area contributed by atoms with Crippen molar-refractivity contribution in [3.63, 3.8) is 0 Å². The lowest BCUT2D eigenvalue weighted by atomic mass is 9.83. The van der Waals surface area contributed by atoms with Crippen molar-refractivity contribution in [2.24, 2.45) is 0 Å². The SMILES string of the molecule is C=C(C)C(=O)OCc1cc(-c2ccc(-c3ccc(C4CCCCC4)cc3)cc2F)ccc1OCCOCCO. The molecule has 39 heavy (non-hydrogen) atoms. The maximum absolute atomic E-state index is 15.4. The molecule has 0 aliphatic heterocycles. The van der Waals surface area contributed by atoms with Crippen molar-refractivity contribution in [2.45, 2.75) is 51.6 Å². The van der Waals surface area contributed by atoms with Crippen molar-refractivity contribution in [1.82, 2.24) is 0 Å². The Labute approximate surface area is 230 Å². The molecule has 0 heterocycles. The Morgan fingerprint density at radius 1 is 0.923 bits per heavy atom. The maximum atomic E-state index is 15.4. The van der Waals surface area contributed by atoms with Gasteiger partial charge in [-0.3, -0.25) is 0 Å². The second kappa shape index (κ2) is 14.1. The number of aliphatic hydroxyl groups is 1. The lowest BCUT2D eigenvalue weighted by Crippen LogP contribution is -2.11. The van der Waals surface area contributed by atoms with Gasteiger partial charge in [-0.1, -0.05) is 68.3 Å². The van der Waals surface area contributed by atoms with E-state index in [0.717, 1.165) is 11.1 Å². The quantitative estimate of drug-likeness (QED) is 0.152. The first kappa shape index (κ1) is 28.5. The second-order valence-corrected chi connectivity index (χ2v) is 10.0. The van der Waals surface area contributed by atoms with Gasteiger partial charge in [0.15, 0.2) is 0 Å². The largest absolute Gasteiger partial charge is 0.491 e. The van der Waals surface area contributed by atoms with E-state index in [0.29, 0.717) is 40.5 Å². The van der Waals surface area contributed by atoms with E-state index in [1.54, 1.807) is 37.3 Å². The number of carbonyl (C=O) groups excluding carboxylic acids is 1. The molecule has 4 rings (SSSR count). The number of esters is 1. The highest BCUT2D eigenvalue weighted by Gasteiger charge is 2.16. The summed E-state index contributed by atoms with van der Waals surface area (Å²) in [5.74, 6) is 0.300. The highest BCUT2D eigenvalue weighted by molar-refractivity contribution is 5.87. The van der Waals surface area contributed by atoms with Crippen LogP contribution in [0.2, 0.25) is 0 Å². The van der Waals surface area contributed by atoms with Crippen LogP contribution in [0.3, 0.4) is 0 Å². The number of ether oxygens (including phenoxy) is 3. The van der Waals surface area contributed by atoms with Crippen LogP contribution in [0.5, 0.6) is 5.75 Å². The average molecular weight is 533 g/mol. The standard InChI is InChI=1S/C33H37FO5/c1-23(2)33(36)39-22-29-20-28(13-15-32(29)38-19-18-37-17-16-35)30-14-12-27(21-31(30)34)26-10-8-25(9-11-26)24-6-4-3-5-7-24/h8-15,20-21,24,35H,1,3-7,16-19,22H2,2H3. The van der Waals surface area contributed by atoms with Crippen LogP contribution in [0.25, 0.3) is 22.3 Å². The fraction of sp³-hybridized carbons (Fsp3) is 0.364. The van der Waals surface area contributed by atoms with Crippen molar-refractivity contribution in [3.8, 4) is 28.0 Å². The van der Waals surface area contributed by atoms with Crippen molar-refractivity contribution in [3.05, 3.63) is 89.8 Å². The highest BCUT2D eigenvalue weighted by atomic mass is 19.1. The molecule has 6 heteroatoms. The Morgan fingerprint density at radius 3 is 2.33 bits per heavy atom. The number of aliphatic hydroxyl groups excluding tert-OH is 1. The number of hydrogen-bond acceptors (Lipinski definition) is 5. The number of hydrogen-bond donors (Lipinski definition) is 1. The first-order chi connectivity index (χ1) is 19.0. The molecule has 0 bridgehead atoms. The molecule has 0 saturated heterocycles. The molecular formula is C33H37FO5. The third-order valence-corrected chi connectivity index (χ3v) is 7.09. The molecule has 0 amide bonds. The Morgan fingerprint density at radius 2 is 1.64 bits per heavy atom. The number of carbonyl (C=O) groups is 1. The minimum atomic E-state index is -0.511. The average Bonchev–Trinajstić information content (AvgIpc) is 2.96. The van der Waals surface area contributed by atoms with E-state index in [9.17, 15) is 4.79 Å². The second-order valence-electron chi connectivity index (χ2n) is 10.0. The van der Waals surface area contributed by atoms with Gasteiger partial charge < -0.3 is 19.3 Å². The molecule has 0 radical (unpaired) electrons. The van der Waals surface area contributed by atoms with Crippen LogP contribution < -0.4 is 4.74 Å². The molecule has 1 N–H and O–H groups in total. The summed E-state index contributed by atoms with van der Waals surface area (Å²) in [6.45, 7) is 5.87. The summed E-state index contributed by atoms with van der Waals surface area (Å²) in [6.07, 6.45) is 6.42. The molecule has 0 aromatic heterocycles. The summed E-state index contributed by atoms with van der Waals surface area (Å²) < 4.78 is 31.8. The first-order valence-electron chi connectivity index (χ1n) is 13.6. The summed E-state index contributed by atoms with van der Waals surface area (Å²) in [4.78, 5) is 12.0. The van der Waals surface area contributed by atoms with Gasteiger partial charge in [-0.2, -0.15) is 0 Å². The number of rotatable bonds is 12. The zero-order chi connectivity index (χ0) is 27.6. The first-order valence-corrected chi connectivity index (χ1v) is 13.6. The Kier molecular flexibility index (Phi) is 10.3. The lowest BCUT2D eigenvalue weighted by molar-refractivity contribution is -0.140. The third kappa shape index (κ3) is 7.78. The third-order valence-electron chi connectivity index (χ3n) is 7.09. The molecule has 1 saturated carbocycles. The zero-order valence-electron chi connectivity index (χ0n) is 22.6. The number of benzene rings is 3.